The Labute approximate surface area is 156 Å². The lowest BCUT2D eigenvalue weighted by Crippen LogP contribution is -2.50. The van der Waals surface area contributed by atoms with Gasteiger partial charge in [-0.3, -0.25) is 14.8 Å². The van der Waals surface area contributed by atoms with Gasteiger partial charge in [0.2, 0.25) is 0 Å². The Hall–Kier alpha value is -3.19. The monoisotopic (exact) mass is 367 g/mol. The van der Waals surface area contributed by atoms with Crippen molar-refractivity contribution in [3.63, 3.8) is 0 Å². The minimum atomic E-state index is -1.12. The highest BCUT2D eigenvalue weighted by molar-refractivity contribution is 6.07. The summed E-state index contributed by atoms with van der Waals surface area (Å²) in [6, 6.07) is 16.2. The van der Waals surface area contributed by atoms with Crippen LogP contribution in [0.5, 0.6) is 0 Å². The molecule has 2 aromatic rings. The van der Waals surface area contributed by atoms with Crippen LogP contribution in [-0.2, 0) is 22.4 Å². The van der Waals surface area contributed by atoms with E-state index in [0.717, 1.165) is 16.0 Å². The van der Waals surface area contributed by atoms with Gasteiger partial charge in [0.1, 0.15) is 12.1 Å². The molecule has 0 bridgehead atoms. The van der Waals surface area contributed by atoms with Crippen LogP contribution in [0.4, 0.5) is 4.79 Å². The second-order valence-corrected chi connectivity index (χ2v) is 6.42. The maximum atomic E-state index is 12.8. The van der Waals surface area contributed by atoms with Crippen LogP contribution < -0.4 is 10.8 Å². The Bertz CT molecular complexity index is 810. The molecule has 1 aliphatic rings. The van der Waals surface area contributed by atoms with Crippen molar-refractivity contribution in [2.24, 2.45) is 0 Å². The van der Waals surface area contributed by atoms with Gasteiger partial charge in [-0.2, -0.15) is 0 Å². The van der Waals surface area contributed by atoms with Gasteiger partial charge in [0, 0.05) is 6.42 Å². The Morgan fingerprint density at radius 1 is 1.04 bits per heavy atom. The van der Waals surface area contributed by atoms with Gasteiger partial charge in [0.15, 0.2) is 0 Å². The van der Waals surface area contributed by atoms with Gasteiger partial charge in [-0.25, -0.2) is 15.2 Å². The summed E-state index contributed by atoms with van der Waals surface area (Å²) in [5, 5.41) is 11.7. The summed E-state index contributed by atoms with van der Waals surface area (Å²) in [5.74, 6) is -1.26. The predicted molar refractivity (Wildman–Crippen MR) is 97.8 cm³/mol. The van der Waals surface area contributed by atoms with Gasteiger partial charge < -0.3 is 5.32 Å². The van der Waals surface area contributed by atoms with Gasteiger partial charge in [-0.05, 0) is 24.0 Å². The van der Waals surface area contributed by atoms with Crippen molar-refractivity contribution in [1.29, 1.82) is 0 Å². The highest BCUT2D eigenvalue weighted by atomic mass is 16.5. The largest absolute Gasteiger partial charge is 0.326 e. The summed E-state index contributed by atoms with van der Waals surface area (Å²) in [6.45, 7) is 0. The van der Waals surface area contributed by atoms with Crippen molar-refractivity contribution in [2.45, 2.75) is 31.3 Å². The van der Waals surface area contributed by atoms with E-state index in [1.54, 1.807) is 29.7 Å². The summed E-state index contributed by atoms with van der Waals surface area (Å²) in [5.41, 5.74) is 3.40. The number of hydrogen-bond acceptors (Lipinski definition) is 4. The van der Waals surface area contributed by atoms with Crippen molar-refractivity contribution >= 4 is 17.8 Å². The lowest BCUT2D eigenvalue weighted by molar-refractivity contribution is -0.140. The standard InChI is InChI=1S/C20H21N3O4/c24-18(22-27)17(13-15-9-5-2-6-10-15)23-19(25)16(21-20(23)26)12-11-14-7-3-1-4-8-14/h1-10,16-17,27H,11-13H2,(H,21,26)(H,22,24). The third kappa shape index (κ3) is 4.32. The summed E-state index contributed by atoms with van der Waals surface area (Å²) in [7, 11) is 0. The second kappa shape index (κ2) is 8.46. The molecule has 140 valence electrons. The molecule has 1 fully saturated rings. The van der Waals surface area contributed by atoms with E-state index in [0.29, 0.717) is 12.8 Å². The molecule has 0 radical (unpaired) electrons. The fraction of sp³-hybridized carbons (Fsp3) is 0.250. The average Bonchev–Trinajstić information content (AvgIpc) is 2.99. The summed E-state index contributed by atoms with van der Waals surface area (Å²) < 4.78 is 0. The minimum absolute atomic E-state index is 0.123. The van der Waals surface area contributed by atoms with Gasteiger partial charge >= 0.3 is 6.03 Å². The predicted octanol–water partition coefficient (Wildman–Crippen LogP) is 1.66. The van der Waals surface area contributed by atoms with Gasteiger partial charge in [-0.1, -0.05) is 60.7 Å². The highest BCUT2D eigenvalue weighted by Crippen LogP contribution is 2.18. The van der Waals surface area contributed by atoms with Crippen LogP contribution in [0, 0.1) is 0 Å². The molecular formula is C20H21N3O4. The van der Waals surface area contributed by atoms with Crippen LogP contribution in [0.3, 0.4) is 0 Å². The van der Waals surface area contributed by atoms with E-state index >= 15 is 0 Å². The molecule has 0 aromatic heterocycles. The molecule has 2 unspecified atom stereocenters. The van der Waals surface area contributed by atoms with E-state index < -0.39 is 29.9 Å². The van der Waals surface area contributed by atoms with Crippen molar-refractivity contribution in [3.05, 3.63) is 71.8 Å². The van der Waals surface area contributed by atoms with E-state index in [4.69, 9.17) is 5.21 Å². The Morgan fingerprint density at radius 2 is 1.63 bits per heavy atom. The molecule has 27 heavy (non-hydrogen) atoms. The zero-order valence-corrected chi connectivity index (χ0v) is 14.7. The molecule has 1 aliphatic heterocycles. The molecule has 3 N–H and O–H groups in total. The Morgan fingerprint density at radius 3 is 2.22 bits per heavy atom. The Kier molecular flexibility index (Phi) is 5.83. The lowest BCUT2D eigenvalue weighted by atomic mass is 10.0. The normalized spacial score (nSPS) is 17.5. The molecule has 1 heterocycles. The van der Waals surface area contributed by atoms with E-state index in [9.17, 15) is 14.4 Å². The molecule has 2 atom stereocenters. The molecular weight excluding hydrogens is 346 g/mol. The first kappa shape index (κ1) is 18.6. The van der Waals surface area contributed by atoms with Crippen LogP contribution in [0.25, 0.3) is 0 Å². The number of benzene rings is 2. The number of hydroxylamine groups is 1. The Balaban J connectivity index is 1.73. The number of urea groups is 1. The molecule has 3 rings (SSSR count). The molecule has 0 saturated carbocycles. The molecule has 4 amide bonds. The number of nitrogens with zero attached hydrogens (tertiary/aromatic N) is 1. The number of aryl methyl sites for hydroxylation is 1. The smallest absolute Gasteiger partial charge is 0.325 e. The van der Waals surface area contributed by atoms with E-state index in [1.807, 2.05) is 36.4 Å². The summed E-state index contributed by atoms with van der Waals surface area (Å²) in [6.07, 6.45) is 1.18. The van der Waals surface area contributed by atoms with Gasteiger partial charge in [0.05, 0.1) is 0 Å². The zero-order valence-electron chi connectivity index (χ0n) is 14.7. The topological polar surface area (TPSA) is 98.7 Å². The average molecular weight is 367 g/mol. The van der Waals surface area contributed by atoms with Gasteiger partial charge in [-0.15, -0.1) is 0 Å². The SMILES string of the molecule is O=C(NO)C(Cc1ccccc1)N1C(=O)NC(CCc2ccccc2)C1=O. The number of amides is 4. The molecule has 2 aromatic carbocycles. The quantitative estimate of drug-likeness (QED) is 0.394. The van der Waals surface area contributed by atoms with Crippen molar-refractivity contribution < 1.29 is 19.6 Å². The van der Waals surface area contributed by atoms with Crippen molar-refractivity contribution in [3.8, 4) is 0 Å². The van der Waals surface area contributed by atoms with Crippen LogP contribution >= 0.6 is 0 Å². The fourth-order valence-corrected chi connectivity index (χ4v) is 3.21. The number of hydrogen-bond donors (Lipinski definition) is 3. The number of carbonyl (C=O) groups is 3. The molecule has 1 saturated heterocycles. The summed E-state index contributed by atoms with van der Waals surface area (Å²) >= 11 is 0. The van der Waals surface area contributed by atoms with Crippen molar-refractivity contribution in [1.82, 2.24) is 15.7 Å². The maximum absolute atomic E-state index is 12.8. The third-order valence-corrected chi connectivity index (χ3v) is 4.61. The molecule has 0 spiro atoms. The first-order valence-corrected chi connectivity index (χ1v) is 8.75. The lowest BCUT2D eigenvalue weighted by Gasteiger charge is -2.23. The van der Waals surface area contributed by atoms with Crippen LogP contribution in [0.2, 0.25) is 0 Å². The van der Waals surface area contributed by atoms with Crippen LogP contribution in [-0.4, -0.2) is 40.0 Å². The van der Waals surface area contributed by atoms with Crippen LogP contribution in [0.1, 0.15) is 17.5 Å². The van der Waals surface area contributed by atoms with Crippen LogP contribution in [0.15, 0.2) is 60.7 Å². The third-order valence-electron chi connectivity index (χ3n) is 4.61. The number of nitrogens with one attached hydrogen (secondary N) is 2. The maximum Gasteiger partial charge on any atom is 0.325 e. The molecule has 0 aliphatic carbocycles. The molecule has 7 nitrogen and oxygen atoms in total. The number of rotatable bonds is 7. The van der Waals surface area contributed by atoms with E-state index in [2.05, 4.69) is 5.32 Å². The number of imide groups is 1. The van der Waals surface area contributed by atoms with Crippen molar-refractivity contribution in [2.75, 3.05) is 0 Å². The van der Waals surface area contributed by atoms with E-state index in [-0.39, 0.29) is 6.42 Å². The fourth-order valence-electron chi connectivity index (χ4n) is 3.21. The second-order valence-electron chi connectivity index (χ2n) is 6.42. The minimum Gasteiger partial charge on any atom is -0.326 e. The highest BCUT2D eigenvalue weighted by Gasteiger charge is 2.44. The number of carbonyl (C=O) groups excluding carboxylic acids is 3. The first-order valence-electron chi connectivity index (χ1n) is 8.75. The zero-order chi connectivity index (χ0) is 19.2. The summed E-state index contributed by atoms with van der Waals surface area (Å²) in [4.78, 5) is 38.2. The van der Waals surface area contributed by atoms with E-state index in [1.165, 1.54) is 0 Å². The molecule has 7 heteroatoms. The first-order chi connectivity index (χ1) is 13.1. The van der Waals surface area contributed by atoms with Gasteiger partial charge in [0.25, 0.3) is 11.8 Å².